The van der Waals surface area contributed by atoms with Crippen LogP contribution >= 0.6 is 0 Å². The number of benzene rings is 1. The topological polar surface area (TPSA) is 137 Å². The Morgan fingerprint density at radius 1 is 0.448 bits per heavy atom. The van der Waals surface area contributed by atoms with Crippen molar-refractivity contribution in [1.29, 1.82) is 0 Å². The SMILES string of the molecule is CCC(C)C1C(F)C(F)C(C(S(=O)(=O)C(F)(F)F)S(=O)(=O)C(F)(F)F)C(F)C1F.CCC(C)c1c(F)c(F)c(C(S(=O)(=O)C(F)(F)F)S(=O)(=O)C(F)(F)F)c(F)c1F. The van der Waals surface area contributed by atoms with E-state index in [1.807, 2.05) is 0 Å². The lowest BCUT2D eigenvalue weighted by atomic mass is 9.71. The molecular formula is C26H26F20O8S4. The van der Waals surface area contributed by atoms with Crippen molar-refractivity contribution in [3.63, 3.8) is 0 Å². The van der Waals surface area contributed by atoms with E-state index in [2.05, 4.69) is 0 Å². The molecule has 32 heteroatoms. The first kappa shape index (κ1) is 53.6. The van der Waals surface area contributed by atoms with E-state index in [-0.39, 0.29) is 12.8 Å². The van der Waals surface area contributed by atoms with Gasteiger partial charge in [-0.2, -0.15) is 52.7 Å². The highest BCUT2D eigenvalue weighted by Gasteiger charge is 2.71. The van der Waals surface area contributed by atoms with Gasteiger partial charge in [-0.3, -0.25) is 0 Å². The first-order valence-electron chi connectivity index (χ1n) is 15.1. The van der Waals surface area contributed by atoms with Gasteiger partial charge in [0.2, 0.25) is 4.58 Å². The summed E-state index contributed by atoms with van der Waals surface area (Å²) in [5.41, 5.74) is -31.5. The second-order valence-corrected chi connectivity index (χ2v) is 21.1. The molecule has 342 valence electrons. The Balaban J connectivity index is 0.000000580. The van der Waals surface area contributed by atoms with Crippen LogP contribution in [-0.2, 0) is 39.3 Å². The van der Waals surface area contributed by atoms with E-state index in [0.717, 1.165) is 13.8 Å². The molecule has 1 aromatic carbocycles. The molecule has 2 rings (SSSR count). The van der Waals surface area contributed by atoms with Crippen LogP contribution in [0.2, 0.25) is 0 Å². The van der Waals surface area contributed by atoms with Crippen molar-refractivity contribution < 1.29 is 121 Å². The number of rotatable bonds is 10. The lowest BCUT2D eigenvalue weighted by molar-refractivity contribution is -0.0951. The predicted octanol–water partition coefficient (Wildman–Crippen LogP) is 8.45. The van der Waals surface area contributed by atoms with Gasteiger partial charge < -0.3 is 0 Å². The largest absolute Gasteiger partial charge is 0.499 e. The Morgan fingerprint density at radius 2 is 0.707 bits per heavy atom. The van der Waals surface area contributed by atoms with E-state index < -0.39 is 153 Å². The first-order chi connectivity index (χ1) is 25.5. The fourth-order valence-corrected chi connectivity index (χ4v) is 12.9. The van der Waals surface area contributed by atoms with Crippen LogP contribution in [0, 0.1) is 41.0 Å². The minimum Gasteiger partial charge on any atom is -0.244 e. The summed E-state index contributed by atoms with van der Waals surface area (Å²) < 4.78 is 350. The van der Waals surface area contributed by atoms with E-state index in [4.69, 9.17) is 0 Å². The van der Waals surface area contributed by atoms with Crippen LogP contribution < -0.4 is 0 Å². The Hall–Kier alpha value is -2.38. The number of halogens is 20. The summed E-state index contributed by atoms with van der Waals surface area (Å²) in [6.07, 6.45) is -14.3. The summed E-state index contributed by atoms with van der Waals surface area (Å²) in [6, 6.07) is 0. The predicted molar refractivity (Wildman–Crippen MR) is 157 cm³/mol. The number of hydrogen-bond acceptors (Lipinski definition) is 8. The Bertz CT molecular complexity index is 1960. The molecule has 1 saturated carbocycles. The van der Waals surface area contributed by atoms with E-state index in [1.54, 1.807) is 0 Å². The maximum atomic E-state index is 14.5. The summed E-state index contributed by atoms with van der Waals surface area (Å²) in [5, 5.41) is 0. The lowest BCUT2D eigenvalue weighted by Gasteiger charge is -2.44. The molecule has 1 aliphatic carbocycles. The molecule has 0 bridgehead atoms. The van der Waals surface area contributed by atoms with Gasteiger partial charge in [0.25, 0.3) is 39.3 Å². The Morgan fingerprint density at radius 3 is 0.948 bits per heavy atom. The Kier molecular flexibility index (Phi) is 15.9. The van der Waals surface area contributed by atoms with Gasteiger partial charge in [-0.1, -0.05) is 34.1 Å². The van der Waals surface area contributed by atoms with Crippen LogP contribution in [0.15, 0.2) is 0 Å². The number of sulfone groups is 4. The Labute approximate surface area is 315 Å². The molecule has 0 amide bonds. The fourth-order valence-electron chi connectivity index (χ4n) is 5.47. The van der Waals surface area contributed by atoms with Crippen molar-refractivity contribution in [3.8, 4) is 0 Å². The second-order valence-electron chi connectivity index (χ2n) is 12.4. The van der Waals surface area contributed by atoms with E-state index in [1.165, 1.54) is 13.8 Å². The van der Waals surface area contributed by atoms with E-state index >= 15 is 0 Å². The molecule has 1 fully saturated rings. The molecule has 0 aliphatic heterocycles. The van der Waals surface area contributed by atoms with Gasteiger partial charge in [-0.05, 0) is 18.3 Å². The van der Waals surface area contributed by atoms with Crippen molar-refractivity contribution in [2.45, 2.75) is 102 Å². The average molecular weight is 975 g/mol. The molecule has 0 aromatic heterocycles. The molecule has 0 radical (unpaired) electrons. The lowest BCUT2D eigenvalue weighted by Crippen LogP contribution is -2.62. The molecule has 0 spiro atoms. The first-order valence-corrected chi connectivity index (χ1v) is 21.3. The molecule has 1 aliphatic rings. The molecule has 58 heavy (non-hydrogen) atoms. The quantitative estimate of drug-likeness (QED) is 0.168. The van der Waals surface area contributed by atoms with Crippen molar-refractivity contribution >= 4 is 39.3 Å². The van der Waals surface area contributed by atoms with Gasteiger partial charge in [0, 0.05) is 11.5 Å². The van der Waals surface area contributed by atoms with Crippen molar-refractivity contribution in [3.05, 3.63) is 34.4 Å². The zero-order valence-corrected chi connectivity index (χ0v) is 31.9. The average Bonchev–Trinajstić information content (AvgIpc) is 3.04. The minimum absolute atomic E-state index is 0.0965. The van der Waals surface area contributed by atoms with Gasteiger partial charge in [-0.15, -0.1) is 0 Å². The van der Waals surface area contributed by atoms with E-state index in [0.29, 0.717) is 0 Å². The van der Waals surface area contributed by atoms with Gasteiger partial charge in [0.1, 0.15) is 24.7 Å². The van der Waals surface area contributed by atoms with Crippen LogP contribution in [0.3, 0.4) is 0 Å². The molecular weight excluding hydrogens is 949 g/mol. The molecule has 0 saturated heterocycles. The van der Waals surface area contributed by atoms with Gasteiger partial charge >= 0.3 is 22.0 Å². The summed E-state index contributed by atoms with van der Waals surface area (Å²) in [6.45, 7) is 4.65. The maximum Gasteiger partial charge on any atom is 0.499 e. The summed E-state index contributed by atoms with van der Waals surface area (Å²) in [7, 11) is -30.1. The van der Waals surface area contributed by atoms with Crippen LogP contribution in [0.5, 0.6) is 0 Å². The van der Waals surface area contributed by atoms with Crippen molar-refractivity contribution in [2.24, 2.45) is 17.8 Å². The number of hydrogen-bond donors (Lipinski definition) is 0. The zero-order chi connectivity index (χ0) is 46.7. The highest BCUT2D eigenvalue weighted by atomic mass is 32.3. The number of alkyl halides is 16. The monoisotopic (exact) mass is 974 g/mol. The van der Waals surface area contributed by atoms with Crippen LogP contribution in [0.1, 0.15) is 62.2 Å². The third-order valence-electron chi connectivity index (χ3n) is 8.83. The zero-order valence-electron chi connectivity index (χ0n) is 28.6. The van der Waals surface area contributed by atoms with Crippen LogP contribution in [0.4, 0.5) is 87.8 Å². The molecule has 6 atom stereocenters. The molecule has 6 unspecified atom stereocenters. The van der Waals surface area contributed by atoms with Crippen molar-refractivity contribution in [2.75, 3.05) is 0 Å². The summed E-state index contributed by atoms with van der Waals surface area (Å²) in [5.74, 6) is -19.7. The van der Waals surface area contributed by atoms with Gasteiger partial charge in [0.05, 0.1) is 11.5 Å². The highest BCUT2D eigenvalue weighted by molar-refractivity contribution is 8.10. The highest BCUT2D eigenvalue weighted by Crippen LogP contribution is 2.50. The van der Waals surface area contributed by atoms with Crippen LogP contribution in [0.25, 0.3) is 0 Å². The summed E-state index contributed by atoms with van der Waals surface area (Å²) >= 11 is 0. The third-order valence-corrected chi connectivity index (χ3v) is 17.9. The smallest absolute Gasteiger partial charge is 0.244 e. The van der Waals surface area contributed by atoms with Crippen LogP contribution in [-0.4, -0.2) is 85.0 Å². The summed E-state index contributed by atoms with van der Waals surface area (Å²) in [4.78, 5) is 0. The standard InChI is InChI=1S/C13H16F10O4S2.C13H10F10O4S2/c2*1-3-4(2)5-7(14)9(16)6(10(17)8(5)15)11(28(24,25)12(18,19)20)29(26,27)13(21,22)23/h4-11H,3H2,1-2H3;4,11H,3H2,1-2H3. The third kappa shape index (κ3) is 9.41. The van der Waals surface area contributed by atoms with E-state index in [9.17, 15) is 121 Å². The molecule has 1 aromatic rings. The normalized spacial score (nSPS) is 24.4. The molecule has 8 nitrogen and oxygen atoms in total. The van der Waals surface area contributed by atoms with Crippen molar-refractivity contribution in [1.82, 2.24) is 0 Å². The van der Waals surface area contributed by atoms with Gasteiger partial charge in [0.15, 0.2) is 27.9 Å². The minimum atomic E-state index is -7.57. The molecule has 0 N–H and O–H groups in total. The fraction of sp³-hybridized carbons (Fsp3) is 0.769. The van der Waals surface area contributed by atoms with Gasteiger partial charge in [-0.25, -0.2) is 68.8 Å². The second kappa shape index (κ2) is 17.2. The maximum absolute atomic E-state index is 14.5. The molecule has 0 heterocycles.